The Bertz CT molecular complexity index is 1250. The SMILES string of the molecule is Cc1nc2c(=O)n(CC(=O)Nc3ccc(Cl)cc3Cl)nc(-c3ccco3)c2s1. The molecule has 0 aliphatic rings. The van der Waals surface area contributed by atoms with Gasteiger partial charge in [-0.05, 0) is 37.3 Å². The molecule has 142 valence electrons. The summed E-state index contributed by atoms with van der Waals surface area (Å²) in [5.74, 6) is 0.0269. The Labute approximate surface area is 172 Å². The molecule has 0 saturated carbocycles. The van der Waals surface area contributed by atoms with E-state index in [9.17, 15) is 9.59 Å². The summed E-state index contributed by atoms with van der Waals surface area (Å²) in [6.45, 7) is 1.49. The molecule has 1 aromatic carbocycles. The van der Waals surface area contributed by atoms with Gasteiger partial charge in [0.05, 0.1) is 26.7 Å². The van der Waals surface area contributed by atoms with Crippen molar-refractivity contribution in [2.24, 2.45) is 0 Å². The van der Waals surface area contributed by atoms with Gasteiger partial charge in [-0.15, -0.1) is 11.3 Å². The third-order valence-corrected chi connectivity index (χ3v) is 5.39. The highest BCUT2D eigenvalue weighted by molar-refractivity contribution is 7.19. The maximum Gasteiger partial charge on any atom is 0.294 e. The van der Waals surface area contributed by atoms with E-state index in [2.05, 4.69) is 15.4 Å². The average molecular weight is 435 g/mol. The van der Waals surface area contributed by atoms with Crippen molar-refractivity contribution < 1.29 is 9.21 Å². The summed E-state index contributed by atoms with van der Waals surface area (Å²) in [5.41, 5.74) is 0.650. The standard InChI is InChI=1S/C18H12Cl2N4O3S/c1-9-21-16-17(28-9)15(13-3-2-6-27-13)23-24(18(16)26)8-14(25)22-12-5-4-10(19)7-11(12)20/h2-7H,8H2,1H3,(H,22,25). The van der Waals surface area contributed by atoms with Crippen LogP contribution in [0.15, 0.2) is 45.8 Å². The largest absolute Gasteiger partial charge is 0.463 e. The third-order valence-electron chi connectivity index (χ3n) is 3.86. The number of aromatic nitrogens is 3. The number of aryl methyl sites for hydroxylation is 1. The van der Waals surface area contributed by atoms with Crippen molar-refractivity contribution in [3.8, 4) is 11.5 Å². The number of furan rings is 1. The van der Waals surface area contributed by atoms with E-state index in [0.717, 1.165) is 9.69 Å². The zero-order chi connectivity index (χ0) is 19.8. The van der Waals surface area contributed by atoms with E-state index in [4.69, 9.17) is 27.6 Å². The molecule has 0 bridgehead atoms. The first-order valence-corrected chi connectivity index (χ1v) is 9.66. The summed E-state index contributed by atoms with van der Waals surface area (Å²) >= 11 is 13.3. The summed E-state index contributed by atoms with van der Waals surface area (Å²) in [7, 11) is 0. The summed E-state index contributed by atoms with van der Waals surface area (Å²) in [5, 5.41) is 8.46. The molecule has 3 aromatic heterocycles. The lowest BCUT2D eigenvalue weighted by Gasteiger charge is -2.09. The molecule has 10 heteroatoms. The molecule has 3 heterocycles. The van der Waals surface area contributed by atoms with Gasteiger partial charge in [0, 0.05) is 5.02 Å². The first kappa shape index (κ1) is 18.7. The van der Waals surface area contributed by atoms with Crippen molar-refractivity contribution in [1.82, 2.24) is 14.8 Å². The molecular weight excluding hydrogens is 423 g/mol. The van der Waals surface area contributed by atoms with Gasteiger partial charge in [-0.3, -0.25) is 9.59 Å². The number of halogens is 2. The maximum absolute atomic E-state index is 12.8. The first-order valence-electron chi connectivity index (χ1n) is 8.09. The lowest BCUT2D eigenvalue weighted by Crippen LogP contribution is -2.30. The second-order valence-corrected chi connectivity index (χ2v) is 7.92. The molecule has 1 N–H and O–H groups in total. The molecule has 0 fully saturated rings. The minimum atomic E-state index is -0.462. The minimum Gasteiger partial charge on any atom is -0.463 e. The molecule has 0 saturated heterocycles. The number of amides is 1. The smallest absolute Gasteiger partial charge is 0.294 e. The van der Waals surface area contributed by atoms with Gasteiger partial charge in [0.2, 0.25) is 5.91 Å². The Morgan fingerprint density at radius 2 is 2.14 bits per heavy atom. The highest BCUT2D eigenvalue weighted by atomic mass is 35.5. The number of nitrogens with zero attached hydrogens (tertiary/aromatic N) is 3. The van der Waals surface area contributed by atoms with E-state index in [0.29, 0.717) is 31.9 Å². The third kappa shape index (κ3) is 3.54. The van der Waals surface area contributed by atoms with Crippen molar-refractivity contribution >= 4 is 56.3 Å². The van der Waals surface area contributed by atoms with E-state index in [-0.39, 0.29) is 12.1 Å². The van der Waals surface area contributed by atoms with Crippen LogP contribution in [0.4, 0.5) is 5.69 Å². The molecule has 4 rings (SSSR count). The van der Waals surface area contributed by atoms with Gasteiger partial charge in [-0.1, -0.05) is 23.2 Å². The predicted octanol–water partition coefficient (Wildman–Crippen LogP) is 4.37. The van der Waals surface area contributed by atoms with Gasteiger partial charge in [-0.2, -0.15) is 5.10 Å². The predicted molar refractivity (Wildman–Crippen MR) is 109 cm³/mol. The number of anilines is 1. The average Bonchev–Trinajstić information content (AvgIpc) is 3.29. The van der Waals surface area contributed by atoms with Crippen molar-refractivity contribution in [2.75, 3.05) is 5.32 Å². The van der Waals surface area contributed by atoms with Crippen LogP contribution >= 0.6 is 34.5 Å². The number of benzene rings is 1. The molecule has 0 spiro atoms. The van der Waals surface area contributed by atoms with Crippen LogP contribution in [0.2, 0.25) is 10.0 Å². The number of rotatable bonds is 4. The molecule has 7 nitrogen and oxygen atoms in total. The first-order chi connectivity index (χ1) is 13.4. The molecule has 4 aromatic rings. The van der Waals surface area contributed by atoms with Crippen LogP contribution in [-0.4, -0.2) is 20.7 Å². The van der Waals surface area contributed by atoms with Gasteiger partial charge in [0.25, 0.3) is 5.56 Å². The van der Waals surface area contributed by atoms with Crippen LogP contribution < -0.4 is 10.9 Å². The van der Waals surface area contributed by atoms with Crippen LogP contribution in [0.1, 0.15) is 5.01 Å². The molecule has 0 atom stereocenters. The zero-order valence-corrected chi connectivity index (χ0v) is 16.7. The number of carbonyl (C=O) groups excluding carboxylic acids is 1. The van der Waals surface area contributed by atoms with Crippen LogP contribution in [0.25, 0.3) is 21.7 Å². The summed E-state index contributed by atoms with van der Waals surface area (Å²) < 4.78 is 7.12. The maximum atomic E-state index is 12.8. The van der Waals surface area contributed by atoms with Crippen molar-refractivity contribution in [2.45, 2.75) is 13.5 Å². The van der Waals surface area contributed by atoms with Crippen LogP contribution in [0, 0.1) is 6.92 Å². The van der Waals surface area contributed by atoms with Gasteiger partial charge < -0.3 is 9.73 Å². The van der Waals surface area contributed by atoms with Gasteiger partial charge in [-0.25, -0.2) is 9.67 Å². The van der Waals surface area contributed by atoms with Crippen molar-refractivity contribution in [1.29, 1.82) is 0 Å². The van der Waals surface area contributed by atoms with E-state index in [1.165, 1.54) is 23.7 Å². The molecular formula is C18H12Cl2N4O3S. The fraction of sp³-hybridized carbons (Fsp3) is 0.111. The Morgan fingerprint density at radius 1 is 1.32 bits per heavy atom. The molecule has 28 heavy (non-hydrogen) atoms. The molecule has 0 aliphatic heterocycles. The van der Waals surface area contributed by atoms with Gasteiger partial charge in [0.1, 0.15) is 12.2 Å². The number of hydrogen-bond donors (Lipinski definition) is 1. The topological polar surface area (TPSA) is 90.0 Å². The molecule has 0 unspecified atom stereocenters. The normalized spacial score (nSPS) is 11.1. The Morgan fingerprint density at radius 3 is 2.86 bits per heavy atom. The molecule has 1 amide bonds. The number of nitrogens with one attached hydrogen (secondary N) is 1. The lowest BCUT2D eigenvalue weighted by molar-refractivity contribution is -0.117. The highest BCUT2D eigenvalue weighted by Gasteiger charge is 2.19. The van der Waals surface area contributed by atoms with Crippen molar-refractivity contribution in [3.05, 3.63) is 62.0 Å². The van der Waals surface area contributed by atoms with E-state index in [1.54, 1.807) is 31.2 Å². The number of carbonyl (C=O) groups is 1. The number of thiazole rings is 1. The quantitative estimate of drug-likeness (QED) is 0.514. The second kappa shape index (κ2) is 7.38. The summed E-state index contributed by atoms with van der Waals surface area (Å²) in [4.78, 5) is 29.5. The number of hydrogen-bond acceptors (Lipinski definition) is 6. The van der Waals surface area contributed by atoms with Crippen LogP contribution in [0.3, 0.4) is 0 Å². The van der Waals surface area contributed by atoms with Gasteiger partial charge >= 0.3 is 0 Å². The Balaban J connectivity index is 1.71. The lowest BCUT2D eigenvalue weighted by atomic mass is 10.3. The van der Waals surface area contributed by atoms with E-state index in [1.807, 2.05) is 0 Å². The van der Waals surface area contributed by atoms with Crippen molar-refractivity contribution in [3.63, 3.8) is 0 Å². The van der Waals surface area contributed by atoms with Crippen LogP contribution in [-0.2, 0) is 11.3 Å². The minimum absolute atomic E-state index is 0.251. The second-order valence-electron chi connectivity index (χ2n) is 5.87. The zero-order valence-electron chi connectivity index (χ0n) is 14.4. The summed E-state index contributed by atoms with van der Waals surface area (Å²) in [6, 6.07) is 8.16. The Hall–Kier alpha value is -2.68. The number of fused-ring (bicyclic) bond motifs is 1. The molecule has 0 aliphatic carbocycles. The van der Waals surface area contributed by atoms with E-state index >= 15 is 0 Å². The van der Waals surface area contributed by atoms with Gasteiger partial charge in [0.15, 0.2) is 11.3 Å². The summed E-state index contributed by atoms with van der Waals surface area (Å²) in [6.07, 6.45) is 1.52. The molecule has 0 radical (unpaired) electrons. The van der Waals surface area contributed by atoms with Crippen LogP contribution in [0.5, 0.6) is 0 Å². The fourth-order valence-corrected chi connectivity index (χ4v) is 4.02. The fourth-order valence-electron chi connectivity index (χ4n) is 2.66. The van der Waals surface area contributed by atoms with E-state index < -0.39 is 11.5 Å². The monoisotopic (exact) mass is 434 g/mol. The highest BCUT2D eigenvalue weighted by Crippen LogP contribution is 2.29. The Kier molecular flexibility index (Phi) is 4.92.